The first kappa shape index (κ1) is 20.9. The SMILES string of the molecule is CCCC1=C(CCC)C(CCC)=C(CCC)C1.[Cl][Zr][Cl]. The van der Waals surface area contributed by atoms with Gasteiger partial charge in [0.05, 0.1) is 0 Å². The van der Waals surface area contributed by atoms with Gasteiger partial charge in [-0.1, -0.05) is 64.5 Å². The molecule has 0 aromatic heterocycles. The van der Waals surface area contributed by atoms with Crippen molar-refractivity contribution < 1.29 is 20.8 Å². The second kappa shape index (κ2) is 13.6. The molecular formula is C17H30Cl2Zr. The van der Waals surface area contributed by atoms with Crippen LogP contribution in [0, 0.1) is 0 Å². The fourth-order valence-electron chi connectivity index (χ4n) is 3.14. The molecule has 0 spiro atoms. The molecule has 0 amide bonds. The molecule has 0 aliphatic heterocycles. The Morgan fingerprint density at radius 2 is 1.00 bits per heavy atom. The van der Waals surface area contributed by atoms with Crippen LogP contribution in [0.5, 0.6) is 0 Å². The Bertz CT molecular complexity index is 289. The van der Waals surface area contributed by atoms with Gasteiger partial charge in [0, 0.05) is 0 Å². The molecule has 0 atom stereocenters. The zero-order valence-corrected chi connectivity index (χ0v) is 17.6. The number of hydrogen-bond donors (Lipinski definition) is 0. The molecule has 1 aliphatic rings. The minimum atomic E-state index is -0.826. The molecule has 0 unspecified atom stereocenters. The molecule has 0 nitrogen and oxygen atoms in total. The number of halogens is 2. The van der Waals surface area contributed by atoms with Crippen molar-refractivity contribution in [2.24, 2.45) is 0 Å². The van der Waals surface area contributed by atoms with Crippen molar-refractivity contribution in [2.75, 3.05) is 0 Å². The third kappa shape index (κ3) is 7.28. The first-order valence-corrected chi connectivity index (χ1v) is 14.4. The van der Waals surface area contributed by atoms with Gasteiger partial charge < -0.3 is 0 Å². The van der Waals surface area contributed by atoms with Gasteiger partial charge in [0.25, 0.3) is 0 Å². The van der Waals surface area contributed by atoms with E-state index < -0.39 is 20.8 Å². The molecular weight excluding hydrogens is 366 g/mol. The van der Waals surface area contributed by atoms with E-state index in [1.165, 1.54) is 57.8 Å². The van der Waals surface area contributed by atoms with Crippen LogP contribution in [0.15, 0.2) is 22.3 Å². The van der Waals surface area contributed by atoms with Gasteiger partial charge >= 0.3 is 37.9 Å². The monoisotopic (exact) mass is 394 g/mol. The first-order chi connectivity index (χ1) is 9.69. The Labute approximate surface area is 145 Å². The van der Waals surface area contributed by atoms with Gasteiger partial charge in [-0.15, -0.1) is 0 Å². The molecule has 1 rings (SSSR count). The van der Waals surface area contributed by atoms with E-state index in [9.17, 15) is 0 Å². The van der Waals surface area contributed by atoms with Crippen molar-refractivity contribution in [1.82, 2.24) is 0 Å². The third-order valence-electron chi connectivity index (χ3n) is 3.75. The molecule has 1 aliphatic carbocycles. The van der Waals surface area contributed by atoms with Crippen LogP contribution >= 0.6 is 17.0 Å². The van der Waals surface area contributed by atoms with Crippen molar-refractivity contribution in [3.05, 3.63) is 22.3 Å². The van der Waals surface area contributed by atoms with Gasteiger partial charge in [0.1, 0.15) is 0 Å². The van der Waals surface area contributed by atoms with Crippen LogP contribution in [-0.4, -0.2) is 0 Å². The molecule has 116 valence electrons. The molecule has 0 radical (unpaired) electrons. The molecule has 3 heteroatoms. The maximum atomic E-state index is 4.93. The predicted octanol–water partition coefficient (Wildman–Crippen LogP) is 7.56. The van der Waals surface area contributed by atoms with Gasteiger partial charge in [0.15, 0.2) is 0 Å². The predicted molar refractivity (Wildman–Crippen MR) is 90.0 cm³/mol. The van der Waals surface area contributed by atoms with Crippen molar-refractivity contribution in [3.63, 3.8) is 0 Å². The summed E-state index contributed by atoms with van der Waals surface area (Å²) in [4.78, 5) is 0. The first-order valence-electron chi connectivity index (χ1n) is 8.08. The second-order valence-corrected chi connectivity index (χ2v) is 9.14. The molecule has 0 aromatic rings. The average Bonchev–Trinajstić information content (AvgIpc) is 2.71. The van der Waals surface area contributed by atoms with Crippen LogP contribution in [0.2, 0.25) is 0 Å². The summed E-state index contributed by atoms with van der Waals surface area (Å²) >= 11 is -0.826. The Kier molecular flexibility index (Phi) is 14.2. The second-order valence-electron chi connectivity index (χ2n) is 5.41. The summed E-state index contributed by atoms with van der Waals surface area (Å²) in [5, 5.41) is 0. The van der Waals surface area contributed by atoms with E-state index in [-0.39, 0.29) is 0 Å². The van der Waals surface area contributed by atoms with Crippen LogP contribution in [-0.2, 0) is 20.8 Å². The fourth-order valence-corrected chi connectivity index (χ4v) is 3.14. The van der Waals surface area contributed by atoms with E-state index in [1.807, 2.05) is 0 Å². The van der Waals surface area contributed by atoms with E-state index in [1.54, 1.807) is 22.3 Å². The van der Waals surface area contributed by atoms with Crippen molar-refractivity contribution in [2.45, 2.75) is 85.5 Å². The van der Waals surface area contributed by atoms with Gasteiger partial charge in [-0.25, -0.2) is 0 Å². The summed E-state index contributed by atoms with van der Waals surface area (Å²) in [6.45, 7) is 9.26. The van der Waals surface area contributed by atoms with E-state index in [0.29, 0.717) is 0 Å². The van der Waals surface area contributed by atoms with Crippen LogP contribution in [0.4, 0.5) is 0 Å². The van der Waals surface area contributed by atoms with Crippen molar-refractivity contribution in [1.29, 1.82) is 0 Å². The fraction of sp³-hybridized carbons (Fsp3) is 0.765. The summed E-state index contributed by atoms with van der Waals surface area (Å²) in [6, 6.07) is 0. The summed E-state index contributed by atoms with van der Waals surface area (Å²) in [7, 11) is 9.87. The molecule has 0 saturated heterocycles. The zero-order chi connectivity index (χ0) is 15.4. The van der Waals surface area contributed by atoms with Crippen LogP contribution in [0.1, 0.15) is 85.5 Å². The third-order valence-corrected chi connectivity index (χ3v) is 3.75. The Hall–Kier alpha value is 0.943. The van der Waals surface area contributed by atoms with Crippen LogP contribution < -0.4 is 0 Å². The van der Waals surface area contributed by atoms with Gasteiger partial charge in [-0.2, -0.15) is 0 Å². The normalized spacial score (nSPS) is 14.5. The molecule has 0 N–H and O–H groups in total. The summed E-state index contributed by atoms with van der Waals surface area (Å²) in [5.41, 5.74) is 7.09. The Morgan fingerprint density at radius 3 is 1.25 bits per heavy atom. The van der Waals surface area contributed by atoms with Gasteiger partial charge in [-0.05, 0) is 43.3 Å². The minimum absolute atomic E-state index is 0.826. The average molecular weight is 397 g/mol. The molecule has 0 bridgehead atoms. The summed E-state index contributed by atoms with van der Waals surface area (Å²) < 4.78 is 0. The molecule has 0 saturated carbocycles. The molecule has 0 aromatic carbocycles. The Balaban J connectivity index is 0.00000110. The van der Waals surface area contributed by atoms with E-state index in [2.05, 4.69) is 27.7 Å². The van der Waals surface area contributed by atoms with Crippen molar-refractivity contribution >= 4 is 17.0 Å². The van der Waals surface area contributed by atoms with Crippen LogP contribution in [0.25, 0.3) is 0 Å². The van der Waals surface area contributed by atoms with Gasteiger partial charge in [0.2, 0.25) is 0 Å². The molecule has 20 heavy (non-hydrogen) atoms. The number of rotatable bonds is 8. The molecule has 0 heterocycles. The number of hydrogen-bond acceptors (Lipinski definition) is 0. The van der Waals surface area contributed by atoms with Crippen molar-refractivity contribution in [3.8, 4) is 0 Å². The maximum absolute atomic E-state index is 4.93. The standard InChI is InChI=1S/C17H30.2ClH.Zr/c1-5-9-14-13-15(10-6-2)17(12-8-4)16(14)11-7-3;;;/h5-13H2,1-4H3;2*1H;/q;;;+2/p-2. The van der Waals surface area contributed by atoms with E-state index in [0.717, 1.165) is 0 Å². The van der Waals surface area contributed by atoms with E-state index >= 15 is 0 Å². The number of allylic oxidation sites excluding steroid dienone is 4. The quantitative estimate of drug-likeness (QED) is 0.397. The topological polar surface area (TPSA) is 0 Å². The zero-order valence-electron chi connectivity index (χ0n) is 13.6. The Morgan fingerprint density at radius 1 is 0.700 bits per heavy atom. The van der Waals surface area contributed by atoms with Gasteiger partial charge in [-0.3, -0.25) is 0 Å². The summed E-state index contributed by atoms with van der Waals surface area (Å²) in [5.74, 6) is 0. The van der Waals surface area contributed by atoms with E-state index in [4.69, 9.17) is 17.0 Å². The summed E-state index contributed by atoms with van der Waals surface area (Å²) in [6.07, 6.45) is 11.8. The molecule has 0 fully saturated rings. The van der Waals surface area contributed by atoms with Crippen LogP contribution in [0.3, 0.4) is 0 Å².